The fourth-order valence-corrected chi connectivity index (χ4v) is 5.07. The van der Waals surface area contributed by atoms with Crippen LogP contribution in [0.1, 0.15) is 46.6 Å². The Labute approximate surface area is 204 Å². The second-order valence-electron chi connectivity index (χ2n) is 8.79. The van der Waals surface area contributed by atoms with Crippen LogP contribution in [0, 0.1) is 0 Å². The minimum absolute atomic E-state index is 0.0183. The molecular formula is C26H26Cl2N4O. The largest absolute Gasteiger partial charge is 0.372 e. The molecule has 33 heavy (non-hydrogen) atoms. The van der Waals surface area contributed by atoms with Crippen molar-refractivity contribution in [3.63, 3.8) is 0 Å². The Hall–Kier alpha value is -2.63. The smallest absolute Gasteiger partial charge is 0.187 e. The normalized spacial score (nSPS) is 15.6. The Bertz CT molecular complexity index is 1180. The number of carbonyl (C=O) groups excluding carboxylic acids is 1. The van der Waals surface area contributed by atoms with E-state index in [-0.39, 0.29) is 5.78 Å². The molecule has 0 atom stereocenters. The number of benzene rings is 2. The number of Topliss-reactive ketones (excluding diaryl/α,β-unsaturated/α-hetero) is 1. The van der Waals surface area contributed by atoms with Crippen LogP contribution in [0.15, 0.2) is 48.5 Å². The molecular weight excluding hydrogens is 455 g/mol. The number of hydrogen-bond acceptors (Lipinski definition) is 5. The highest BCUT2D eigenvalue weighted by Gasteiger charge is 2.22. The van der Waals surface area contributed by atoms with Crippen molar-refractivity contribution in [1.29, 1.82) is 0 Å². The molecule has 1 fully saturated rings. The number of rotatable bonds is 6. The van der Waals surface area contributed by atoms with Crippen molar-refractivity contribution in [1.82, 2.24) is 10.2 Å². The molecule has 5 nitrogen and oxygen atoms in total. The number of fused-ring (bicyclic) bond motifs is 1. The minimum Gasteiger partial charge on any atom is -0.372 e. The first-order valence-corrected chi connectivity index (χ1v) is 12.2. The zero-order valence-corrected chi connectivity index (χ0v) is 19.9. The second kappa shape index (κ2) is 9.70. The van der Waals surface area contributed by atoms with Gasteiger partial charge in [-0.2, -0.15) is 5.10 Å². The van der Waals surface area contributed by atoms with E-state index in [1.807, 2.05) is 30.3 Å². The molecule has 1 saturated heterocycles. The summed E-state index contributed by atoms with van der Waals surface area (Å²) in [6.45, 7) is 3.65. The SMILES string of the molecule is O=C(Cc1cccc(N2CCCC2)c1)c1cc2c(nn1)CCCN2Cc1cc(Cl)ccc1Cl. The second-order valence-corrected chi connectivity index (χ2v) is 9.63. The Morgan fingerprint density at radius 1 is 0.939 bits per heavy atom. The minimum atomic E-state index is -0.0183. The van der Waals surface area contributed by atoms with Gasteiger partial charge in [-0.15, -0.1) is 5.10 Å². The van der Waals surface area contributed by atoms with Crippen LogP contribution in [0.5, 0.6) is 0 Å². The van der Waals surface area contributed by atoms with Gasteiger partial charge in [0.05, 0.1) is 11.4 Å². The van der Waals surface area contributed by atoms with Crippen LogP contribution in [-0.4, -0.2) is 35.6 Å². The van der Waals surface area contributed by atoms with Crippen LogP contribution >= 0.6 is 23.2 Å². The van der Waals surface area contributed by atoms with E-state index in [9.17, 15) is 4.79 Å². The quantitative estimate of drug-likeness (QED) is 0.419. The maximum Gasteiger partial charge on any atom is 0.187 e. The fraction of sp³-hybridized carbons (Fsp3) is 0.346. The Morgan fingerprint density at radius 3 is 2.64 bits per heavy atom. The van der Waals surface area contributed by atoms with E-state index in [4.69, 9.17) is 23.2 Å². The van der Waals surface area contributed by atoms with E-state index in [1.165, 1.54) is 18.5 Å². The van der Waals surface area contributed by atoms with Gasteiger partial charge in [-0.1, -0.05) is 35.3 Å². The summed E-state index contributed by atoms with van der Waals surface area (Å²) in [4.78, 5) is 17.7. The maximum absolute atomic E-state index is 13.1. The number of carbonyl (C=O) groups is 1. The maximum atomic E-state index is 13.1. The van der Waals surface area contributed by atoms with Crippen LogP contribution in [0.2, 0.25) is 10.0 Å². The summed E-state index contributed by atoms with van der Waals surface area (Å²) in [7, 11) is 0. The Kier molecular flexibility index (Phi) is 6.52. The monoisotopic (exact) mass is 480 g/mol. The number of ketones is 1. The van der Waals surface area contributed by atoms with E-state index < -0.39 is 0 Å². The number of nitrogens with zero attached hydrogens (tertiary/aromatic N) is 4. The van der Waals surface area contributed by atoms with Gasteiger partial charge in [0.25, 0.3) is 0 Å². The van der Waals surface area contributed by atoms with Crippen LogP contribution in [0.3, 0.4) is 0 Å². The molecule has 7 heteroatoms. The highest BCUT2D eigenvalue weighted by Crippen LogP contribution is 2.30. The van der Waals surface area contributed by atoms with Gasteiger partial charge in [0.2, 0.25) is 0 Å². The lowest BCUT2D eigenvalue weighted by Gasteiger charge is -2.30. The molecule has 5 rings (SSSR count). The van der Waals surface area contributed by atoms with Crippen molar-refractivity contribution in [3.05, 3.63) is 81.1 Å². The first-order chi connectivity index (χ1) is 16.1. The Morgan fingerprint density at radius 2 is 1.79 bits per heavy atom. The molecule has 2 aliphatic heterocycles. The lowest BCUT2D eigenvalue weighted by atomic mass is 10.0. The summed E-state index contributed by atoms with van der Waals surface area (Å²) in [5.41, 5.74) is 5.45. The van der Waals surface area contributed by atoms with E-state index in [1.54, 1.807) is 6.07 Å². The molecule has 170 valence electrons. The van der Waals surface area contributed by atoms with Gasteiger partial charge in [-0.05, 0) is 73.2 Å². The average Bonchev–Trinajstić information content (AvgIpc) is 3.37. The zero-order chi connectivity index (χ0) is 22.8. The molecule has 0 spiro atoms. The number of hydrogen-bond donors (Lipinski definition) is 0. The van der Waals surface area contributed by atoms with E-state index in [0.717, 1.165) is 55.0 Å². The third-order valence-corrected chi connectivity index (χ3v) is 7.03. The van der Waals surface area contributed by atoms with Crippen molar-refractivity contribution < 1.29 is 4.79 Å². The lowest BCUT2D eigenvalue weighted by molar-refractivity contribution is 0.0987. The summed E-state index contributed by atoms with van der Waals surface area (Å²) in [5, 5.41) is 10.0. The summed E-state index contributed by atoms with van der Waals surface area (Å²) in [6, 6.07) is 15.7. The number of aromatic nitrogens is 2. The molecule has 0 saturated carbocycles. The molecule has 0 aliphatic carbocycles. The highest BCUT2D eigenvalue weighted by atomic mass is 35.5. The molecule has 3 heterocycles. The average molecular weight is 481 g/mol. The lowest BCUT2D eigenvalue weighted by Crippen LogP contribution is -2.30. The highest BCUT2D eigenvalue weighted by molar-refractivity contribution is 6.33. The third-order valence-electron chi connectivity index (χ3n) is 6.43. The molecule has 0 unspecified atom stereocenters. The van der Waals surface area contributed by atoms with E-state index in [0.29, 0.717) is 28.7 Å². The fourth-order valence-electron chi connectivity index (χ4n) is 4.70. The van der Waals surface area contributed by atoms with Crippen LogP contribution in [-0.2, 0) is 19.4 Å². The van der Waals surface area contributed by atoms with Crippen molar-refractivity contribution in [2.45, 2.75) is 38.6 Å². The molecule has 2 aliphatic rings. The molecule has 3 aromatic rings. The molecule has 0 N–H and O–H groups in total. The summed E-state index contributed by atoms with van der Waals surface area (Å²) >= 11 is 12.6. The number of halogens is 2. The molecule has 0 amide bonds. The van der Waals surface area contributed by atoms with Crippen LogP contribution < -0.4 is 9.80 Å². The number of anilines is 2. The van der Waals surface area contributed by atoms with E-state index in [2.05, 4.69) is 32.1 Å². The van der Waals surface area contributed by atoms with Gasteiger partial charge in [0.1, 0.15) is 5.69 Å². The van der Waals surface area contributed by atoms with Gasteiger partial charge in [-0.25, -0.2) is 0 Å². The van der Waals surface area contributed by atoms with E-state index >= 15 is 0 Å². The molecule has 0 radical (unpaired) electrons. The predicted octanol–water partition coefficient (Wildman–Crippen LogP) is 5.76. The van der Waals surface area contributed by atoms with Crippen LogP contribution in [0.4, 0.5) is 11.4 Å². The van der Waals surface area contributed by atoms with Gasteiger partial charge < -0.3 is 9.80 Å². The van der Waals surface area contributed by atoms with Gasteiger partial charge in [0, 0.05) is 48.3 Å². The summed E-state index contributed by atoms with van der Waals surface area (Å²) in [5.74, 6) is -0.0183. The first-order valence-electron chi connectivity index (χ1n) is 11.5. The molecule has 1 aromatic heterocycles. The van der Waals surface area contributed by atoms with Gasteiger partial charge in [0.15, 0.2) is 5.78 Å². The van der Waals surface area contributed by atoms with Gasteiger partial charge >= 0.3 is 0 Å². The predicted molar refractivity (Wildman–Crippen MR) is 134 cm³/mol. The Balaban J connectivity index is 1.36. The zero-order valence-electron chi connectivity index (χ0n) is 18.4. The third kappa shape index (κ3) is 4.99. The molecule has 2 aromatic carbocycles. The summed E-state index contributed by atoms with van der Waals surface area (Å²) in [6.07, 6.45) is 4.61. The summed E-state index contributed by atoms with van der Waals surface area (Å²) < 4.78 is 0. The van der Waals surface area contributed by atoms with Crippen molar-refractivity contribution in [2.75, 3.05) is 29.4 Å². The standard InChI is InChI=1S/C26H26Cl2N4O/c27-20-8-9-22(28)19(15-20)17-32-12-4-7-23-25(32)16-24(30-29-23)26(33)14-18-5-3-6-21(13-18)31-10-1-2-11-31/h3,5-6,8-9,13,15-16H,1-2,4,7,10-12,14,17H2. The van der Waals surface area contributed by atoms with Crippen molar-refractivity contribution in [2.24, 2.45) is 0 Å². The molecule has 0 bridgehead atoms. The topological polar surface area (TPSA) is 49.3 Å². The van der Waals surface area contributed by atoms with Gasteiger partial charge in [-0.3, -0.25) is 4.79 Å². The van der Waals surface area contributed by atoms with Crippen molar-refractivity contribution >= 4 is 40.4 Å². The number of aryl methyl sites for hydroxylation is 1. The van der Waals surface area contributed by atoms with Crippen molar-refractivity contribution in [3.8, 4) is 0 Å². The van der Waals surface area contributed by atoms with Crippen LogP contribution in [0.25, 0.3) is 0 Å². The first kappa shape index (κ1) is 22.2.